The Hall–Kier alpha value is -2.77. The van der Waals surface area contributed by atoms with Gasteiger partial charge in [-0.15, -0.1) is 5.10 Å². The first-order valence-corrected chi connectivity index (χ1v) is 8.26. The molecule has 0 fully saturated rings. The van der Waals surface area contributed by atoms with Gasteiger partial charge in [0.2, 0.25) is 5.82 Å². The van der Waals surface area contributed by atoms with Crippen LogP contribution in [0.3, 0.4) is 0 Å². The summed E-state index contributed by atoms with van der Waals surface area (Å²) in [6.07, 6.45) is 0. The van der Waals surface area contributed by atoms with Crippen LogP contribution in [-0.2, 0) is 0 Å². The van der Waals surface area contributed by atoms with E-state index in [1.807, 2.05) is 6.92 Å². The monoisotopic (exact) mass is 374 g/mol. The normalized spacial score (nSPS) is 10.8. The SMILES string of the molecule is Cc1c(Cl)cccc1-n1nc(C(=O)NCCO)nc1-c1ccc(F)cc1. The number of hydrogen-bond donors (Lipinski definition) is 2. The molecule has 0 atom stereocenters. The van der Waals surface area contributed by atoms with E-state index in [4.69, 9.17) is 16.7 Å². The Kier molecular flexibility index (Phi) is 5.29. The van der Waals surface area contributed by atoms with Crippen molar-refractivity contribution in [1.82, 2.24) is 20.1 Å². The number of aromatic nitrogens is 3. The molecular weight excluding hydrogens is 359 g/mol. The van der Waals surface area contributed by atoms with E-state index in [-0.39, 0.29) is 24.8 Å². The summed E-state index contributed by atoms with van der Waals surface area (Å²) in [5.74, 6) is -0.567. The van der Waals surface area contributed by atoms with Crippen LogP contribution < -0.4 is 5.32 Å². The first kappa shape index (κ1) is 18.0. The molecule has 0 saturated carbocycles. The minimum absolute atomic E-state index is 0.0582. The molecule has 26 heavy (non-hydrogen) atoms. The van der Waals surface area contributed by atoms with Crippen molar-refractivity contribution in [2.75, 3.05) is 13.2 Å². The third-order valence-electron chi connectivity index (χ3n) is 3.78. The fourth-order valence-electron chi connectivity index (χ4n) is 2.44. The highest BCUT2D eigenvalue weighted by Gasteiger charge is 2.20. The molecule has 2 aromatic carbocycles. The number of halogens is 2. The zero-order chi connectivity index (χ0) is 18.7. The van der Waals surface area contributed by atoms with E-state index in [0.717, 1.165) is 5.56 Å². The van der Waals surface area contributed by atoms with Crippen molar-refractivity contribution in [2.45, 2.75) is 6.92 Å². The van der Waals surface area contributed by atoms with E-state index in [1.165, 1.54) is 16.8 Å². The predicted molar refractivity (Wildman–Crippen MR) is 95.9 cm³/mol. The predicted octanol–water partition coefficient (Wildman–Crippen LogP) is 2.76. The van der Waals surface area contributed by atoms with Crippen LogP contribution in [0.1, 0.15) is 16.2 Å². The van der Waals surface area contributed by atoms with Gasteiger partial charge in [-0.05, 0) is 48.9 Å². The molecular formula is C18H16ClFN4O2. The van der Waals surface area contributed by atoms with Gasteiger partial charge in [0.05, 0.1) is 12.3 Å². The standard InChI is InChI=1S/C18H16ClFN4O2/c1-11-14(19)3-2-4-15(11)24-17(12-5-7-13(20)8-6-12)22-16(23-24)18(26)21-9-10-25/h2-8,25H,9-10H2,1H3,(H,21,26). The minimum atomic E-state index is -0.513. The van der Waals surface area contributed by atoms with Crippen molar-refractivity contribution in [2.24, 2.45) is 0 Å². The van der Waals surface area contributed by atoms with Crippen LogP contribution in [0.25, 0.3) is 17.1 Å². The van der Waals surface area contributed by atoms with Crippen molar-refractivity contribution in [1.29, 1.82) is 0 Å². The second-order valence-electron chi connectivity index (χ2n) is 5.54. The molecule has 0 radical (unpaired) electrons. The Morgan fingerprint density at radius 3 is 2.69 bits per heavy atom. The molecule has 1 heterocycles. The number of rotatable bonds is 5. The zero-order valence-electron chi connectivity index (χ0n) is 13.9. The summed E-state index contributed by atoms with van der Waals surface area (Å²) in [4.78, 5) is 16.5. The van der Waals surface area contributed by atoms with E-state index in [0.29, 0.717) is 22.1 Å². The summed E-state index contributed by atoms with van der Waals surface area (Å²) in [6, 6.07) is 11.1. The van der Waals surface area contributed by atoms with Crippen LogP contribution in [0.4, 0.5) is 4.39 Å². The summed E-state index contributed by atoms with van der Waals surface area (Å²) in [6.45, 7) is 1.74. The summed E-state index contributed by atoms with van der Waals surface area (Å²) in [7, 11) is 0. The first-order valence-electron chi connectivity index (χ1n) is 7.89. The van der Waals surface area contributed by atoms with Crippen LogP contribution in [0.15, 0.2) is 42.5 Å². The Labute approximate surface area is 154 Å². The molecule has 134 valence electrons. The second kappa shape index (κ2) is 7.63. The van der Waals surface area contributed by atoms with Gasteiger partial charge in [0.15, 0.2) is 5.82 Å². The lowest BCUT2D eigenvalue weighted by Gasteiger charge is -2.10. The summed E-state index contributed by atoms with van der Waals surface area (Å²) < 4.78 is 14.8. The third kappa shape index (κ3) is 3.58. The number of carbonyl (C=O) groups is 1. The van der Waals surface area contributed by atoms with Gasteiger partial charge in [-0.25, -0.2) is 14.1 Å². The van der Waals surface area contributed by atoms with Crippen molar-refractivity contribution >= 4 is 17.5 Å². The van der Waals surface area contributed by atoms with E-state index in [9.17, 15) is 9.18 Å². The second-order valence-corrected chi connectivity index (χ2v) is 5.95. The molecule has 1 aromatic heterocycles. The smallest absolute Gasteiger partial charge is 0.291 e. The number of aliphatic hydroxyl groups excluding tert-OH is 1. The molecule has 3 rings (SSSR count). The van der Waals surface area contributed by atoms with Gasteiger partial charge in [-0.3, -0.25) is 4.79 Å². The van der Waals surface area contributed by atoms with Crippen molar-refractivity contribution in [3.63, 3.8) is 0 Å². The zero-order valence-corrected chi connectivity index (χ0v) is 14.7. The van der Waals surface area contributed by atoms with Gasteiger partial charge in [0.1, 0.15) is 5.82 Å². The molecule has 8 heteroatoms. The topological polar surface area (TPSA) is 80.0 Å². The largest absolute Gasteiger partial charge is 0.395 e. The van der Waals surface area contributed by atoms with E-state index in [1.54, 1.807) is 30.3 Å². The number of nitrogens with one attached hydrogen (secondary N) is 1. The summed E-state index contributed by atoms with van der Waals surface area (Å²) in [5, 5.41) is 16.2. The maximum Gasteiger partial charge on any atom is 0.291 e. The summed E-state index contributed by atoms with van der Waals surface area (Å²) >= 11 is 6.20. The highest BCUT2D eigenvalue weighted by Crippen LogP contribution is 2.26. The van der Waals surface area contributed by atoms with Gasteiger partial charge in [0.25, 0.3) is 5.91 Å². The number of hydrogen-bond acceptors (Lipinski definition) is 4. The molecule has 0 aliphatic carbocycles. The van der Waals surface area contributed by atoms with Gasteiger partial charge < -0.3 is 10.4 Å². The van der Waals surface area contributed by atoms with Crippen molar-refractivity contribution < 1.29 is 14.3 Å². The van der Waals surface area contributed by atoms with Gasteiger partial charge in [0, 0.05) is 17.1 Å². The molecule has 0 unspecified atom stereocenters. The van der Waals surface area contributed by atoms with Crippen LogP contribution in [0, 0.1) is 12.7 Å². The number of nitrogens with zero attached hydrogens (tertiary/aromatic N) is 3. The Bertz CT molecular complexity index is 941. The Morgan fingerprint density at radius 1 is 1.27 bits per heavy atom. The van der Waals surface area contributed by atoms with E-state index < -0.39 is 5.91 Å². The van der Waals surface area contributed by atoms with E-state index in [2.05, 4.69) is 15.4 Å². The minimum Gasteiger partial charge on any atom is -0.395 e. The van der Waals surface area contributed by atoms with Gasteiger partial charge in [-0.1, -0.05) is 17.7 Å². The molecule has 3 aromatic rings. The van der Waals surface area contributed by atoms with Crippen LogP contribution in [0.2, 0.25) is 5.02 Å². The lowest BCUT2D eigenvalue weighted by atomic mass is 10.1. The van der Waals surface area contributed by atoms with Gasteiger partial charge >= 0.3 is 0 Å². The summed E-state index contributed by atoms with van der Waals surface area (Å²) in [5.41, 5.74) is 2.02. The molecule has 0 spiro atoms. The lowest BCUT2D eigenvalue weighted by Crippen LogP contribution is -2.27. The van der Waals surface area contributed by atoms with Crippen molar-refractivity contribution in [3.8, 4) is 17.1 Å². The fraction of sp³-hybridized carbons (Fsp3) is 0.167. The van der Waals surface area contributed by atoms with Crippen LogP contribution >= 0.6 is 11.6 Å². The highest BCUT2D eigenvalue weighted by molar-refractivity contribution is 6.31. The van der Waals surface area contributed by atoms with Crippen molar-refractivity contribution in [3.05, 3.63) is 64.7 Å². The van der Waals surface area contributed by atoms with Crippen LogP contribution in [0.5, 0.6) is 0 Å². The average Bonchev–Trinajstić information content (AvgIpc) is 3.08. The highest BCUT2D eigenvalue weighted by atomic mass is 35.5. The molecule has 6 nitrogen and oxygen atoms in total. The third-order valence-corrected chi connectivity index (χ3v) is 4.19. The molecule has 2 N–H and O–H groups in total. The average molecular weight is 375 g/mol. The van der Waals surface area contributed by atoms with Gasteiger partial charge in [-0.2, -0.15) is 0 Å². The molecule has 1 amide bonds. The molecule has 0 bridgehead atoms. The van der Waals surface area contributed by atoms with E-state index >= 15 is 0 Å². The lowest BCUT2D eigenvalue weighted by molar-refractivity contribution is 0.0934. The van der Waals surface area contributed by atoms with Crippen LogP contribution in [-0.4, -0.2) is 38.9 Å². The Morgan fingerprint density at radius 2 is 2.00 bits per heavy atom. The molecule has 0 saturated heterocycles. The number of amides is 1. The first-order chi connectivity index (χ1) is 12.5. The number of aliphatic hydroxyl groups is 1. The maximum absolute atomic E-state index is 13.3. The quantitative estimate of drug-likeness (QED) is 0.719. The maximum atomic E-state index is 13.3. The molecule has 0 aliphatic heterocycles. The molecule has 0 aliphatic rings. The number of carbonyl (C=O) groups excluding carboxylic acids is 1. The number of benzene rings is 2. The Balaban J connectivity index is 2.14. The fourth-order valence-corrected chi connectivity index (χ4v) is 2.61.